The second-order valence-corrected chi connectivity index (χ2v) is 4.08. The summed E-state index contributed by atoms with van der Waals surface area (Å²) in [5.74, 6) is -0.944. The van der Waals surface area contributed by atoms with Crippen LogP contribution in [0.3, 0.4) is 0 Å². The molecule has 2 aromatic rings. The monoisotopic (exact) mass is 247 g/mol. The molecule has 1 heterocycles. The molecule has 1 aromatic heterocycles. The second-order valence-electron chi connectivity index (χ2n) is 3.64. The zero-order chi connectivity index (χ0) is 12.3. The van der Waals surface area contributed by atoms with Crippen LogP contribution in [0, 0.1) is 0 Å². The average Bonchev–Trinajstić information content (AvgIpc) is 2.30. The number of carbonyl (C=O) groups is 1. The zero-order valence-electron chi connectivity index (χ0n) is 8.93. The molecule has 0 saturated heterocycles. The fourth-order valence-electron chi connectivity index (χ4n) is 1.64. The Labute approximate surface area is 104 Å². The van der Waals surface area contributed by atoms with Gasteiger partial charge in [-0.05, 0) is 41.8 Å². The van der Waals surface area contributed by atoms with Crippen LogP contribution < -0.4 is 0 Å². The highest BCUT2D eigenvalue weighted by atomic mass is 35.5. The summed E-state index contributed by atoms with van der Waals surface area (Å²) in [6.07, 6.45) is 3.90. The number of pyridine rings is 1. The number of nitrogens with zero attached hydrogens (tertiary/aromatic N) is 1. The minimum absolute atomic E-state index is 0.276. The van der Waals surface area contributed by atoms with Crippen molar-refractivity contribution >= 4 is 17.6 Å². The Morgan fingerprint density at radius 3 is 2.82 bits per heavy atom. The first kappa shape index (κ1) is 11.6. The van der Waals surface area contributed by atoms with Crippen LogP contribution in [0.5, 0.6) is 0 Å². The van der Waals surface area contributed by atoms with Gasteiger partial charge in [0.25, 0.3) is 0 Å². The van der Waals surface area contributed by atoms with Gasteiger partial charge in [-0.1, -0.05) is 17.7 Å². The van der Waals surface area contributed by atoms with E-state index in [0.29, 0.717) is 17.0 Å². The molecule has 0 bridgehead atoms. The number of benzene rings is 1. The van der Waals surface area contributed by atoms with Crippen LogP contribution in [0.15, 0.2) is 42.7 Å². The predicted octanol–water partition coefficient (Wildman–Crippen LogP) is 3.02. The minimum atomic E-state index is -0.944. The maximum Gasteiger partial charge on any atom is 0.335 e. The normalized spacial score (nSPS) is 10.2. The third-order valence-electron chi connectivity index (χ3n) is 2.42. The van der Waals surface area contributed by atoms with E-state index in [1.54, 1.807) is 24.5 Å². The van der Waals surface area contributed by atoms with Gasteiger partial charge >= 0.3 is 5.97 Å². The number of aromatic carboxylic acids is 1. The molecule has 0 atom stereocenters. The van der Waals surface area contributed by atoms with E-state index in [1.165, 1.54) is 6.07 Å². The van der Waals surface area contributed by atoms with Crippen LogP contribution in [-0.4, -0.2) is 16.1 Å². The lowest BCUT2D eigenvalue weighted by Gasteiger charge is -2.06. The molecule has 0 saturated carbocycles. The Morgan fingerprint density at radius 1 is 1.35 bits per heavy atom. The number of carboxylic acid groups (broad SMARTS) is 1. The third-order valence-corrected chi connectivity index (χ3v) is 2.65. The lowest BCUT2D eigenvalue weighted by Crippen LogP contribution is -2.03. The Morgan fingerprint density at radius 2 is 2.18 bits per heavy atom. The van der Waals surface area contributed by atoms with Crippen molar-refractivity contribution in [1.29, 1.82) is 0 Å². The third kappa shape index (κ3) is 2.82. The van der Waals surface area contributed by atoms with Gasteiger partial charge in [0.05, 0.1) is 5.56 Å². The molecular formula is C13H10ClNO2. The summed E-state index contributed by atoms with van der Waals surface area (Å²) >= 11 is 5.88. The van der Waals surface area contributed by atoms with Gasteiger partial charge in [-0.25, -0.2) is 4.79 Å². The highest BCUT2D eigenvalue weighted by Crippen LogP contribution is 2.19. The van der Waals surface area contributed by atoms with Crippen molar-refractivity contribution in [1.82, 2.24) is 4.98 Å². The van der Waals surface area contributed by atoms with Gasteiger partial charge in [0, 0.05) is 17.4 Å². The minimum Gasteiger partial charge on any atom is -0.478 e. The van der Waals surface area contributed by atoms with Crippen molar-refractivity contribution < 1.29 is 9.90 Å². The fraction of sp³-hybridized carbons (Fsp3) is 0.0769. The highest BCUT2D eigenvalue weighted by Gasteiger charge is 2.10. The van der Waals surface area contributed by atoms with Gasteiger partial charge in [0.15, 0.2) is 0 Å². The largest absolute Gasteiger partial charge is 0.478 e. The topological polar surface area (TPSA) is 50.2 Å². The van der Waals surface area contributed by atoms with E-state index in [1.807, 2.05) is 12.1 Å². The molecule has 1 aromatic carbocycles. The average molecular weight is 248 g/mol. The summed E-state index contributed by atoms with van der Waals surface area (Å²) < 4.78 is 0. The molecule has 0 aliphatic carbocycles. The number of halogens is 1. The Kier molecular flexibility index (Phi) is 3.40. The molecule has 0 radical (unpaired) electrons. The van der Waals surface area contributed by atoms with Crippen molar-refractivity contribution in [3.8, 4) is 0 Å². The molecule has 0 amide bonds. The molecule has 86 valence electrons. The highest BCUT2D eigenvalue weighted by molar-refractivity contribution is 6.30. The smallest absolute Gasteiger partial charge is 0.335 e. The molecule has 17 heavy (non-hydrogen) atoms. The molecular weight excluding hydrogens is 238 g/mol. The Balaban J connectivity index is 2.37. The van der Waals surface area contributed by atoms with Gasteiger partial charge in [0.1, 0.15) is 0 Å². The standard InChI is InChI=1S/C13H10ClNO2/c14-11-3-4-12(13(16)17)10(7-11)6-9-2-1-5-15-8-9/h1-5,7-8H,6H2,(H,16,17). The maximum absolute atomic E-state index is 11.1. The van der Waals surface area contributed by atoms with E-state index < -0.39 is 5.97 Å². The molecule has 0 spiro atoms. The van der Waals surface area contributed by atoms with Gasteiger partial charge in [-0.15, -0.1) is 0 Å². The van der Waals surface area contributed by atoms with Crippen LogP contribution in [0.2, 0.25) is 5.02 Å². The summed E-state index contributed by atoms with van der Waals surface area (Å²) in [5, 5.41) is 9.61. The zero-order valence-corrected chi connectivity index (χ0v) is 9.69. The first-order valence-corrected chi connectivity index (χ1v) is 5.45. The molecule has 0 fully saturated rings. The van der Waals surface area contributed by atoms with Crippen molar-refractivity contribution in [2.45, 2.75) is 6.42 Å². The van der Waals surface area contributed by atoms with Gasteiger partial charge in [-0.3, -0.25) is 4.98 Å². The molecule has 0 aliphatic rings. The quantitative estimate of drug-likeness (QED) is 0.907. The van der Waals surface area contributed by atoms with Crippen LogP contribution in [0.25, 0.3) is 0 Å². The lowest BCUT2D eigenvalue weighted by molar-refractivity contribution is 0.0696. The summed E-state index contributed by atoms with van der Waals surface area (Å²) in [7, 11) is 0. The Hall–Kier alpha value is -1.87. The first-order valence-electron chi connectivity index (χ1n) is 5.07. The Bertz CT molecular complexity index is 540. The number of hydrogen-bond acceptors (Lipinski definition) is 2. The van der Waals surface area contributed by atoms with E-state index in [4.69, 9.17) is 16.7 Å². The van der Waals surface area contributed by atoms with E-state index in [0.717, 1.165) is 5.56 Å². The van der Waals surface area contributed by atoms with E-state index in [2.05, 4.69) is 4.98 Å². The van der Waals surface area contributed by atoms with E-state index >= 15 is 0 Å². The van der Waals surface area contributed by atoms with Crippen LogP contribution in [0.4, 0.5) is 0 Å². The molecule has 2 rings (SSSR count). The number of rotatable bonds is 3. The van der Waals surface area contributed by atoms with Gasteiger partial charge < -0.3 is 5.11 Å². The SMILES string of the molecule is O=C(O)c1ccc(Cl)cc1Cc1cccnc1. The van der Waals surface area contributed by atoms with E-state index in [9.17, 15) is 4.79 Å². The van der Waals surface area contributed by atoms with Crippen LogP contribution in [-0.2, 0) is 6.42 Å². The van der Waals surface area contributed by atoms with Crippen molar-refractivity contribution in [3.05, 3.63) is 64.4 Å². The number of hydrogen-bond donors (Lipinski definition) is 1. The molecule has 0 aliphatic heterocycles. The van der Waals surface area contributed by atoms with Crippen LogP contribution >= 0.6 is 11.6 Å². The number of carboxylic acids is 1. The van der Waals surface area contributed by atoms with E-state index in [-0.39, 0.29) is 5.56 Å². The summed E-state index contributed by atoms with van der Waals surface area (Å²) in [6.45, 7) is 0. The lowest BCUT2D eigenvalue weighted by atomic mass is 10.0. The molecule has 3 nitrogen and oxygen atoms in total. The molecule has 4 heteroatoms. The van der Waals surface area contributed by atoms with Crippen molar-refractivity contribution in [2.24, 2.45) is 0 Å². The maximum atomic E-state index is 11.1. The van der Waals surface area contributed by atoms with Crippen molar-refractivity contribution in [2.75, 3.05) is 0 Å². The summed E-state index contributed by atoms with van der Waals surface area (Å²) in [6, 6.07) is 8.51. The fourth-order valence-corrected chi connectivity index (χ4v) is 1.83. The predicted molar refractivity (Wildman–Crippen MR) is 65.5 cm³/mol. The van der Waals surface area contributed by atoms with Gasteiger partial charge in [0.2, 0.25) is 0 Å². The summed E-state index contributed by atoms with van der Waals surface area (Å²) in [5.41, 5.74) is 1.92. The molecule has 1 N–H and O–H groups in total. The second kappa shape index (κ2) is 4.97. The first-order chi connectivity index (χ1) is 8.16. The van der Waals surface area contributed by atoms with Crippen molar-refractivity contribution in [3.63, 3.8) is 0 Å². The van der Waals surface area contributed by atoms with Gasteiger partial charge in [-0.2, -0.15) is 0 Å². The number of aromatic nitrogens is 1. The molecule has 0 unspecified atom stereocenters. The van der Waals surface area contributed by atoms with Crippen LogP contribution in [0.1, 0.15) is 21.5 Å². The summed E-state index contributed by atoms with van der Waals surface area (Å²) in [4.78, 5) is 15.1.